The monoisotopic (exact) mass is 377 g/mol. The van der Waals surface area contributed by atoms with Crippen molar-refractivity contribution >= 4 is 41.1 Å². The number of anilines is 1. The maximum atomic E-state index is 11.8. The second-order valence-electron chi connectivity index (χ2n) is 4.95. The van der Waals surface area contributed by atoms with Gasteiger partial charge < -0.3 is 10.1 Å². The van der Waals surface area contributed by atoms with Crippen LogP contribution in [0, 0.1) is 13.6 Å². The number of aryl methyl sites for hydroxylation is 1. The van der Waals surface area contributed by atoms with Crippen LogP contribution < -0.4 is 15.1 Å². The number of urea groups is 1. The van der Waals surface area contributed by atoms with Gasteiger partial charge in [-0.05, 0) is 31.2 Å². The molecule has 2 aromatic rings. The summed E-state index contributed by atoms with van der Waals surface area (Å²) in [6, 6.07) is 10.3. The summed E-state index contributed by atoms with van der Waals surface area (Å²) < 4.78 is 13.2. The zero-order valence-electron chi connectivity index (χ0n) is 13.1. The minimum absolute atomic E-state index is 0.293. The van der Waals surface area contributed by atoms with Crippen LogP contribution in [0.25, 0.3) is 0 Å². The summed E-state index contributed by atoms with van der Waals surface area (Å²) in [7, 11) is 0. The van der Waals surface area contributed by atoms with Crippen LogP contribution in [0.1, 0.15) is 5.56 Å². The zero-order valence-corrected chi connectivity index (χ0v) is 14.6. The molecule has 1 N–H and O–H groups in total. The molecule has 128 valence electrons. The fourth-order valence-electron chi connectivity index (χ4n) is 2.06. The molecule has 0 saturated heterocycles. The van der Waals surface area contributed by atoms with Gasteiger partial charge in [-0.3, -0.25) is 0 Å². The van der Waals surface area contributed by atoms with Gasteiger partial charge in [0.05, 0.1) is 22.3 Å². The number of nitrogens with one attached hydrogen (secondary N) is 1. The number of hydrazone groups is 1. The number of benzene rings is 2. The molecule has 0 bridgehead atoms. The molecule has 1 heterocycles. The van der Waals surface area contributed by atoms with Crippen molar-refractivity contribution < 1.29 is 14.2 Å². The van der Waals surface area contributed by atoms with E-state index in [-0.39, 0.29) is 6.03 Å². The number of ether oxygens (including phenoxy) is 1. The van der Waals surface area contributed by atoms with E-state index in [1.807, 2.05) is 31.2 Å². The first-order chi connectivity index (χ1) is 12.0. The van der Waals surface area contributed by atoms with Crippen LogP contribution in [0.5, 0.6) is 11.5 Å². The Morgan fingerprint density at radius 3 is 2.36 bits per heavy atom. The second-order valence-corrected chi connectivity index (χ2v) is 5.76. The van der Waals surface area contributed by atoms with E-state index < -0.39 is 0 Å². The quantitative estimate of drug-likeness (QED) is 0.628. The van der Waals surface area contributed by atoms with Crippen LogP contribution in [0.2, 0.25) is 10.0 Å². The fraction of sp³-hybridized carbons (Fsp3) is 0.118. The number of nitrogens with zero attached hydrogens (tertiary/aromatic N) is 2. The van der Waals surface area contributed by atoms with Gasteiger partial charge in [0.1, 0.15) is 5.75 Å². The Morgan fingerprint density at radius 2 is 1.80 bits per heavy atom. The maximum absolute atomic E-state index is 11.8. The number of rotatable bonds is 3. The van der Waals surface area contributed by atoms with Crippen molar-refractivity contribution in [3.05, 3.63) is 58.7 Å². The first kappa shape index (κ1) is 18.8. The van der Waals surface area contributed by atoms with Crippen LogP contribution in [-0.2, 0) is 4.65 Å². The predicted octanol–water partition coefficient (Wildman–Crippen LogP) is 4.57. The molecule has 0 aromatic heterocycles. The number of carbonyl (C=O) groups is 1. The molecule has 2 aromatic carbocycles. The molecule has 1 aliphatic rings. The van der Waals surface area contributed by atoms with Gasteiger partial charge in [0.25, 0.3) is 0 Å². The number of carbonyl (C=O) groups excluding carboxylic acids is 1. The van der Waals surface area contributed by atoms with Gasteiger partial charge in [-0.1, -0.05) is 40.9 Å². The van der Waals surface area contributed by atoms with Crippen LogP contribution in [0.3, 0.4) is 0 Å². The molecular weight excluding hydrogens is 365 g/mol. The number of hydrogen-bond donors (Lipinski definition) is 1. The molecule has 1 aliphatic heterocycles. The van der Waals surface area contributed by atoms with Crippen LogP contribution in [0.4, 0.5) is 10.5 Å². The summed E-state index contributed by atoms with van der Waals surface area (Å²) in [5.74, 6) is 0.961. The van der Waals surface area contributed by atoms with Gasteiger partial charge in [0.2, 0.25) is 0 Å². The number of amides is 2. The van der Waals surface area contributed by atoms with E-state index in [0.717, 1.165) is 5.56 Å². The van der Waals surface area contributed by atoms with Gasteiger partial charge in [0, 0.05) is 6.21 Å². The first-order valence-corrected chi connectivity index (χ1v) is 7.84. The van der Waals surface area contributed by atoms with Crippen LogP contribution in [-0.4, -0.2) is 18.8 Å². The summed E-state index contributed by atoms with van der Waals surface area (Å²) in [6.07, 6.45) is 1.58. The molecule has 0 atom stereocenters. The van der Waals surface area contributed by atoms with Crippen molar-refractivity contribution in [2.75, 3.05) is 11.6 Å². The molecule has 0 radical (unpaired) electrons. The normalized spacial score (nSPS) is 12.8. The molecule has 0 saturated carbocycles. The molecule has 25 heavy (non-hydrogen) atoms. The number of hydrogen-bond acceptors (Lipinski definition) is 3. The fourth-order valence-corrected chi connectivity index (χ4v) is 2.61. The van der Waals surface area contributed by atoms with Gasteiger partial charge >= 0.3 is 17.3 Å². The average Bonchev–Trinajstić information content (AvgIpc) is 2.62. The van der Waals surface area contributed by atoms with E-state index in [1.165, 1.54) is 5.01 Å². The summed E-state index contributed by atoms with van der Waals surface area (Å²) in [6.45, 7) is 6.88. The summed E-state index contributed by atoms with van der Waals surface area (Å²) in [5, 5.41) is 8.45. The number of halogens is 2. The summed E-state index contributed by atoms with van der Waals surface area (Å²) in [4.78, 5) is 11.8. The van der Waals surface area contributed by atoms with Crippen LogP contribution in [0.15, 0.2) is 41.5 Å². The van der Waals surface area contributed by atoms with Crippen molar-refractivity contribution in [1.29, 1.82) is 0 Å². The Labute approximate surface area is 154 Å². The molecular formula is C17H13Cl2N3O3. The van der Waals surface area contributed by atoms with Crippen molar-refractivity contribution in [2.45, 2.75) is 6.92 Å². The minimum atomic E-state index is -0.341. The zero-order chi connectivity index (χ0) is 18.4. The average molecular weight is 378 g/mol. The van der Waals surface area contributed by atoms with Gasteiger partial charge in [-0.2, -0.15) is 10.1 Å². The van der Waals surface area contributed by atoms with E-state index in [0.29, 0.717) is 33.8 Å². The third-order valence-electron chi connectivity index (χ3n) is 3.20. The van der Waals surface area contributed by atoms with E-state index in [2.05, 4.69) is 17.1 Å². The van der Waals surface area contributed by atoms with Crippen molar-refractivity contribution in [3.63, 3.8) is 0 Å². The third kappa shape index (κ3) is 4.53. The van der Waals surface area contributed by atoms with Crippen LogP contribution >= 0.6 is 23.2 Å². The summed E-state index contributed by atoms with van der Waals surface area (Å²) in [5.41, 5.74) is 1.59. The molecule has 0 unspecified atom stereocenters. The van der Waals surface area contributed by atoms with E-state index >= 15 is 0 Å². The second kappa shape index (κ2) is 8.55. The molecule has 0 aliphatic carbocycles. The van der Waals surface area contributed by atoms with E-state index in [9.17, 15) is 4.79 Å². The van der Waals surface area contributed by atoms with Crippen molar-refractivity contribution in [3.8, 4) is 11.5 Å². The van der Waals surface area contributed by atoms with E-state index in [4.69, 9.17) is 32.6 Å². The SMILES string of the molecule is Cc1ccc(Oc2c(Cl)cc(N3N=CCNC3=O)cc2Cl)cc1.[C-]#[O+]. The topological polar surface area (TPSA) is 73.8 Å². The van der Waals surface area contributed by atoms with Crippen molar-refractivity contribution in [2.24, 2.45) is 5.10 Å². The standard InChI is InChI=1S/C16H13Cl2N3O2.CO/c1-10-2-4-12(5-3-10)23-15-13(17)8-11(9-14(15)18)21-16(22)19-6-7-20-21;1-2/h2-5,7-9H,6H2,1H3,(H,19,22);. The van der Waals surface area contributed by atoms with E-state index in [1.54, 1.807) is 18.3 Å². The van der Waals surface area contributed by atoms with Gasteiger partial charge in [-0.15, -0.1) is 0 Å². The Balaban J connectivity index is 0.00000109. The Bertz CT molecular complexity index is 797. The summed E-state index contributed by atoms with van der Waals surface area (Å²) >= 11 is 12.5. The van der Waals surface area contributed by atoms with Gasteiger partial charge in [-0.25, -0.2) is 4.79 Å². The third-order valence-corrected chi connectivity index (χ3v) is 3.76. The molecule has 0 spiro atoms. The first-order valence-electron chi connectivity index (χ1n) is 7.09. The predicted molar refractivity (Wildman–Crippen MR) is 96.0 cm³/mol. The molecule has 3 rings (SSSR count). The Kier molecular flexibility index (Phi) is 6.44. The van der Waals surface area contributed by atoms with Gasteiger partial charge in [0.15, 0.2) is 5.75 Å². The Hall–Kier alpha value is -2.50. The molecule has 2 amide bonds. The molecule has 0 fully saturated rings. The Morgan fingerprint density at radius 1 is 1.20 bits per heavy atom. The van der Waals surface area contributed by atoms with Crippen molar-refractivity contribution in [1.82, 2.24) is 5.32 Å². The molecule has 8 heteroatoms. The molecule has 6 nitrogen and oxygen atoms in total.